The molecule has 1 saturated heterocycles. The van der Waals surface area contributed by atoms with Crippen LogP contribution in [0.3, 0.4) is 0 Å². The van der Waals surface area contributed by atoms with Crippen LogP contribution in [0.25, 0.3) is 0 Å². The number of hydrogen-bond donors (Lipinski definition) is 1. The molecule has 2 rings (SSSR count). The summed E-state index contributed by atoms with van der Waals surface area (Å²) in [6.45, 7) is 3.18. The molecule has 2 atom stereocenters. The normalized spacial score (nSPS) is 21.6. The Hall–Kier alpha value is -0.540. The summed E-state index contributed by atoms with van der Waals surface area (Å²) in [5.74, 6) is 1.15. The molecule has 17 heavy (non-hydrogen) atoms. The largest absolute Gasteiger partial charge is 0.309 e. The van der Waals surface area contributed by atoms with E-state index in [4.69, 9.17) is 0 Å². The molecule has 0 aliphatic carbocycles. The van der Waals surface area contributed by atoms with Crippen LogP contribution in [0.4, 0.5) is 4.39 Å². The lowest BCUT2D eigenvalue weighted by Crippen LogP contribution is -2.27. The highest BCUT2D eigenvalue weighted by atomic mass is 32.2. The summed E-state index contributed by atoms with van der Waals surface area (Å²) in [5, 5.41) is 4.32. The average molecular weight is 253 g/mol. The number of rotatable bonds is 5. The van der Waals surface area contributed by atoms with Crippen LogP contribution in [-0.4, -0.2) is 17.5 Å². The fraction of sp³-hybridized carbons (Fsp3) is 0.571. The lowest BCUT2D eigenvalue weighted by molar-refractivity contribution is 0.508. The Morgan fingerprint density at radius 1 is 1.53 bits per heavy atom. The summed E-state index contributed by atoms with van der Waals surface area (Å²) in [6, 6.07) is 7.23. The van der Waals surface area contributed by atoms with E-state index in [9.17, 15) is 4.39 Å². The number of hydrogen-bond acceptors (Lipinski definition) is 2. The molecule has 2 unspecified atom stereocenters. The third-order valence-corrected chi connectivity index (χ3v) is 4.67. The van der Waals surface area contributed by atoms with E-state index < -0.39 is 0 Å². The van der Waals surface area contributed by atoms with Crippen molar-refractivity contribution in [3.8, 4) is 0 Å². The maximum Gasteiger partial charge on any atom is 0.123 e. The van der Waals surface area contributed by atoms with Gasteiger partial charge in [-0.2, -0.15) is 11.8 Å². The molecule has 0 spiro atoms. The van der Waals surface area contributed by atoms with Crippen molar-refractivity contribution in [2.24, 2.45) is 0 Å². The molecule has 0 amide bonds. The maximum absolute atomic E-state index is 13.2. The van der Waals surface area contributed by atoms with Gasteiger partial charge in [-0.05, 0) is 42.7 Å². The van der Waals surface area contributed by atoms with Crippen molar-refractivity contribution < 1.29 is 4.39 Å². The molecule has 1 fully saturated rings. The summed E-state index contributed by atoms with van der Waals surface area (Å²) in [4.78, 5) is 0. The Kier molecular flexibility index (Phi) is 4.86. The number of benzene rings is 1. The van der Waals surface area contributed by atoms with Crippen LogP contribution in [0, 0.1) is 5.82 Å². The monoisotopic (exact) mass is 253 g/mol. The van der Waals surface area contributed by atoms with E-state index >= 15 is 0 Å². The van der Waals surface area contributed by atoms with Crippen molar-refractivity contribution in [3.05, 3.63) is 35.6 Å². The molecule has 3 heteroatoms. The number of thioether (sulfide) groups is 1. The van der Waals surface area contributed by atoms with Gasteiger partial charge >= 0.3 is 0 Å². The zero-order valence-corrected chi connectivity index (χ0v) is 11.1. The van der Waals surface area contributed by atoms with Crippen LogP contribution in [-0.2, 0) is 0 Å². The van der Waals surface area contributed by atoms with E-state index in [0.717, 1.165) is 23.8 Å². The summed E-state index contributed by atoms with van der Waals surface area (Å²) in [7, 11) is 0. The van der Waals surface area contributed by atoms with Gasteiger partial charge in [0.15, 0.2) is 0 Å². The van der Waals surface area contributed by atoms with Gasteiger partial charge in [0, 0.05) is 17.8 Å². The molecule has 0 radical (unpaired) electrons. The Morgan fingerprint density at radius 2 is 2.41 bits per heavy atom. The van der Waals surface area contributed by atoms with E-state index in [1.807, 2.05) is 6.07 Å². The highest BCUT2D eigenvalue weighted by Crippen LogP contribution is 2.26. The molecular formula is C14H20FNS. The molecule has 1 aromatic rings. The Bertz CT molecular complexity index is 350. The van der Waals surface area contributed by atoms with Gasteiger partial charge in [0.25, 0.3) is 0 Å². The minimum Gasteiger partial charge on any atom is -0.309 e. The first-order chi connectivity index (χ1) is 8.29. The zero-order valence-electron chi connectivity index (χ0n) is 10.3. The minimum atomic E-state index is -0.141. The van der Waals surface area contributed by atoms with E-state index in [0.29, 0.717) is 0 Å². The molecule has 1 aromatic carbocycles. The van der Waals surface area contributed by atoms with Crippen LogP contribution in [0.2, 0.25) is 0 Å². The van der Waals surface area contributed by atoms with Crippen LogP contribution in [0.5, 0.6) is 0 Å². The molecule has 0 bridgehead atoms. The molecule has 94 valence electrons. The molecular weight excluding hydrogens is 233 g/mol. The van der Waals surface area contributed by atoms with Crippen LogP contribution < -0.4 is 5.32 Å². The lowest BCUT2D eigenvalue weighted by atomic mass is 10.0. The van der Waals surface area contributed by atoms with Crippen molar-refractivity contribution in [3.63, 3.8) is 0 Å². The summed E-state index contributed by atoms with van der Waals surface area (Å²) in [6.07, 6.45) is 3.66. The molecule has 1 heterocycles. The standard InChI is InChI=1S/C14H20FNS/c1-2-14(11-5-3-6-12(15)9-11)16-10-13-7-4-8-17-13/h3,5-6,9,13-14,16H,2,4,7-8,10H2,1H3. The minimum absolute atomic E-state index is 0.141. The van der Waals surface area contributed by atoms with Gasteiger partial charge in [0.1, 0.15) is 5.82 Å². The fourth-order valence-electron chi connectivity index (χ4n) is 2.30. The molecule has 0 aromatic heterocycles. The quantitative estimate of drug-likeness (QED) is 0.857. The van der Waals surface area contributed by atoms with Gasteiger partial charge in [-0.1, -0.05) is 19.1 Å². The van der Waals surface area contributed by atoms with Crippen LogP contribution >= 0.6 is 11.8 Å². The molecule has 1 aliphatic heterocycles. The molecule has 1 nitrogen and oxygen atoms in total. The van der Waals surface area contributed by atoms with Gasteiger partial charge in [-0.15, -0.1) is 0 Å². The van der Waals surface area contributed by atoms with Gasteiger partial charge in [-0.25, -0.2) is 4.39 Å². The summed E-state index contributed by atoms with van der Waals surface area (Å²) >= 11 is 2.06. The number of nitrogens with one attached hydrogen (secondary N) is 1. The first-order valence-electron chi connectivity index (χ1n) is 6.40. The third-order valence-electron chi connectivity index (χ3n) is 3.28. The number of halogens is 1. The van der Waals surface area contributed by atoms with Crippen LogP contribution in [0.1, 0.15) is 37.8 Å². The van der Waals surface area contributed by atoms with Gasteiger partial charge in [0.05, 0.1) is 0 Å². The first-order valence-corrected chi connectivity index (χ1v) is 7.45. The summed E-state index contributed by atoms with van der Waals surface area (Å²) < 4.78 is 13.2. The summed E-state index contributed by atoms with van der Waals surface area (Å²) in [5.41, 5.74) is 1.07. The highest BCUT2D eigenvalue weighted by molar-refractivity contribution is 8.00. The zero-order chi connectivity index (χ0) is 12.1. The molecule has 1 N–H and O–H groups in total. The second-order valence-electron chi connectivity index (χ2n) is 4.56. The predicted octanol–water partition coefficient (Wildman–Crippen LogP) is 3.76. The van der Waals surface area contributed by atoms with Crippen molar-refractivity contribution in [2.75, 3.05) is 12.3 Å². The van der Waals surface area contributed by atoms with Gasteiger partial charge in [0.2, 0.25) is 0 Å². The average Bonchev–Trinajstić information content (AvgIpc) is 2.83. The maximum atomic E-state index is 13.2. The Morgan fingerprint density at radius 3 is 3.06 bits per heavy atom. The van der Waals surface area contributed by atoms with Crippen molar-refractivity contribution in [1.29, 1.82) is 0 Å². The second-order valence-corrected chi connectivity index (χ2v) is 5.97. The van der Waals surface area contributed by atoms with E-state index in [2.05, 4.69) is 24.0 Å². The highest BCUT2D eigenvalue weighted by Gasteiger charge is 2.17. The van der Waals surface area contributed by atoms with Crippen LogP contribution in [0.15, 0.2) is 24.3 Å². The predicted molar refractivity (Wildman–Crippen MR) is 72.9 cm³/mol. The topological polar surface area (TPSA) is 12.0 Å². The third kappa shape index (κ3) is 3.71. The second kappa shape index (κ2) is 6.41. The van der Waals surface area contributed by atoms with Crippen molar-refractivity contribution in [2.45, 2.75) is 37.5 Å². The van der Waals surface area contributed by atoms with Crippen molar-refractivity contribution >= 4 is 11.8 Å². The van der Waals surface area contributed by atoms with E-state index in [1.54, 1.807) is 12.1 Å². The first kappa shape index (κ1) is 12.9. The SMILES string of the molecule is CCC(NCC1CCCS1)c1cccc(F)c1. The van der Waals surface area contributed by atoms with Gasteiger partial charge < -0.3 is 5.32 Å². The lowest BCUT2D eigenvalue weighted by Gasteiger charge is -2.19. The molecule has 0 saturated carbocycles. The van der Waals surface area contributed by atoms with E-state index in [1.165, 1.54) is 24.7 Å². The Balaban J connectivity index is 1.91. The fourth-order valence-corrected chi connectivity index (χ4v) is 3.51. The van der Waals surface area contributed by atoms with E-state index in [-0.39, 0.29) is 11.9 Å². The van der Waals surface area contributed by atoms with Crippen molar-refractivity contribution in [1.82, 2.24) is 5.32 Å². The Labute approximate surface area is 107 Å². The smallest absolute Gasteiger partial charge is 0.123 e. The van der Waals surface area contributed by atoms with Gasteiger partial charge in [-0.3, -0.25) is 0 Å². The molecule has 1 aliphatic rings.